The van der Waals surface area contributed by atoms with Crippen molar-refractivity contribution in [2.24, 2.45) is 0 Å². The molecule has 0 N–H and O–H groups in total. The maximum absolute atomic E-state index is 12.4. The summed E-state index contributed by atoms with van der Waals surface area (Å²) in [5, 5.41) is 0. The molecular weight excluding hydrogens is 262 g/mol. The zero-order valence-corrected chi connectivity index (χ0v) is 12.3. The molecule has 2 atom stereocenters. The molecule has 3 nitrogen and oxygen atoms in total. The SMILES string of the molecule is CCC1c2ccccc2OC(=O)N1[C@H](C)c1ccccc1. The van der Waals surface area contributed by atoms with Crippen LogP contribution in [-0.4, -0.2) is 11.0 Å². The minimum absolute atomic E-state index is 0.0167. The highest BCUT2D eigenvalue weighted by Crippen LogP contribution is 2.41. The number of benzene rings is 2. The van der Waals surface area contributed by atoms with Gasteiger partial charge < -0.3 is 4.74 Å². The van der Waals surface area contributed by atoms with Gasteiger partial charge in [0.25, 0.3) is 0 Å². The normalized spacial score (nSPS) is 18.9. The van der Waals surface area contributed by atoms with Gasteiger partial charge in [0.15, 0.2) is 0 Å². The molecule has 0 aliphatic carbocycles. The molecule has 0 spiro atoms. The van der Waals surface area contributed by atoms with E-state index >= 15 is 0 Å². The molecule has 0 radical (unpaired) electrons. The van der Waals surface area contributed by atoms with Crippen molar-refractivity contribution in [3.8, 4) is 5.75 Å². The van der Waals surface area contributed by atoms with Gasteiger partial charge in [-0.1, -0.05) is 55.5 Å². The zero-order valence-electron chi connectivity index (χ0n) is 12.3. The minimum Gasteiger partial charge on any atom is -0.410 e. The second-order valence-electron chi connectivity index (χ2n) is 5.32. The van der Waals surface area contributed by atoms with Crippen molar-refractivity contribution in [1.82, 2.24) is 4.90 Å². The van der Waals surface area contributed by atoms with E-state index in [1.807, 2.05) is 66.4 Å². The van der Waals surface area contributed by atoms with Gasteiger partial charge in [0.05, 0.1) is 12.1 Å². The highest BCUT2D eigenvalue weighted by molar-refractivity contribution is 5.75. The number of amides is 1. The van der Waals surface area contributed by atoms with Crippen LogP contribution < -0.4 is 4.74 Å². The summed E-state index contributed by atoms with van der Waals surface area (Å²) in [6, 6.07) is 17.9. The Morgan fingerprint density at radius 1 is 1.10 bits per heavy atom. The van der Waals surface area contributed by atoms with Gasteiger partial charge >= 0.3 is 6.09 Å². The van der Waals surface area contributed by atoms with E-state index in [0.29, 0.717) is 5.75 Å². The first-order valence-corrected chi connectivity index (χ1v) is 7.36. The van der Waals surface area contributed by atoms with Crippen molar-refractivity contribution in [2.75, 3.05) is 0 Å². The van der Waals surface area contributed by atoms with Crippen LogP contribution in [0.25, 0.3) is 0 Å². The molecule has 3 heteroatoms. The van der Waals surface area contributed by atoms with Gasteiger partial charge in [-0.2, -0.15) is 0 Å². The number of fused-ring (bicyclic) bond motifs is 1. The molecule has 1 aliphatic rings. The summed E-state index contributed by atoms with van der Waals surface area (Å²) in [6.07, 6.45) is 0.598. The van der Waals surface area contributed by atoms with Gasteiger partial charge in [-0.05, 0) is 25.0 Å². The Kier molecular flexibility index (Phi) is 3.65. The summed E-state index contributed by atoms with van der Waals surface area (Å²) in [7, 11) is 0. The third kappa shape index (κ3) is 2.40. The van der Waals surface area contributed by atoms with Crippen LogP contribution in [0.1, 0.15) is 43.5 Å². The third-order valence-corrected chi connectivity index (χ3v) is 4.11. The summed E-state index contributed by atoms with van der Waals surface area (Å²) in [5.41, 5.74) is 2.20. The highest BCUT2D eigenvalue weighted by Gasteiger charge is 2.36. The Labute approximate surface area is 125 Å². The van der Waals surface area contributed by atoms with Crippen molar-refractivity contribution < 1.29 is 9.53 Å². The molecule has 0 saturated heterocycles. The standard InChI is InChI=1S/C18H19NO2/c1-3-16-15-11-7-8-12-17(15)21-18(20)19(16)13(2)14-9-5-4-6-10-14/h4-13,16H,3H2,1-2H3/t13-,16?/m1/s1. The summed E-state index contributed by atoms with van der Waals surface area (Å²) in [6.45, 7) is 4.15. The number of carbonyl (C=O) groups excluding carboxylic acids is 1. The number of hydrogen-bond acceptors (Lipinski definition) is 2. The van der Waals surface area contributed by atoms with Gasteiger partial charge in [0, 0.05) is 5.56 Å². The molecule has 1 aliphatic heterocycles. The van der Waals surface area contributed by atoms with E-state index in [9.17, 15) is 4.79 Å². The number of carbonyl (C=O) groups is 1. The molecule has 1 heterocycles. The summed E-state index contributed by atoms with van der Waals surface area (Å²) in [4.78, 5) is 14.3. The van der Waals surface area contributed by atoms with Crippen LogP contribution >= 0.6 is 0 Å². The maximum atomic E-state index is 12.4. The Morgan fingerprint density at radius 2 is 1.76 bits per heavy atom. The molecule has 21 heavy (non-hydrogen) atoms. The van der Waals surface area contributed by atoms with Crippen LogP contribution in [0.5, 0.6) is 5.75 Å². The highest BCUT2D eigenvalue weighted by atomic mass is 16.6. The summed E-state index contributed by atoms with van der Waals surface area (Å²) in [5.74, 6) is 0.686. The summed E-state index contributed by atoms with van der Waals surface area (Å²) < 4.78 is 5.51. The molecular formula is C18H19NO2. The molecule has 2 aromatic rings. The fourth-order valence-electron chi connectivity index (χ4n) is 3.01. The number of ether oxygens (including phenoxy) is 1. The Bertz CT molecular complexity index is 639. The topological polar surface area (TPSA) is 29.5 Å². The minimum atomic E-state index is -0.267. The van der Waals surface area contributed by atoms with E-state index in [-0.39, 0.29) is 18.2 Å². The van der Waals surface area contributed by atoms with Crippen molar-refractivity contribution in [3.63, 3.8) is 0 Å². The lowest BCUT2D eigenvalue weighted by atomic mass is 9.97. The van der Waals surface area contributed by atoms with Crippen molar-refractivity contribution in [2.45, 2.75) is 32.4 Å². The lowest BCUT2D eigenvalue weighted by Gasteiger charge is -2.39. The van der Waals surface area contributed by atoms with Crippen LogP contribution in [0.4, 0.5) is 4.79 Å². The average Bonchev–Trinajstić information content (AvgIpc) is 2.53. The molecule has 0 fully saturated rings. The molecule has 2 aromatic carbocycles. The molecule has 1 unspecified atom stereocenters. The second kappa shape index (κ2) is 5.60. The third-order valence-electron chi connectivity index (χ3n) is 4.11. The van der Waals surface area contributed by atoms with Crippen molar-refractivity contribution in [3.05, 3.63) is 65.7 Å². The van der Waals surface area contributed by atoms with E-state index in [4.69, 9.17) is 4.74 Å². The Morgan fingerprint density at radius 3 is 2.48 bits per heavy atom. The fraction of sp³-hybridized carbons (Fsp3) is 0.278. The van der Waals surface area contributed by atoms with Crippen LogP contribution in [0.2, 0.25) is 0 Å². The molecule has 108 valence electrons. The molecule has 0 bridgehead atoms. The van der Waals surface area contributed by atoms with E-state index in [2.05, 4.69) is 6.92 Å². The van der Waals surface area contributed by atoms with Gasteiger partial charge in [-0.15, -0.1) is 0 Å². The van der Waals surface area contributed by atoms with Gasteiger partial charge in [-0.25, -0.2) is 4.79 Å². The van der Waals surface area contributed by atoms with E-state index in [1.54, 1.807) is 0 Å². The van der Waals surface area contributed by atoms with Crippen LogP contribution in [0.15, 0.2) is 54.6 Å². The van der Waals surface area contributed by atoms with Crippen LogP contribution in [0.3, 0.4) is 0 Å². The zero-order chi connectivity index (χ0) is 14.8. The van der Waals surface area contributed by atoms with Gasteiger partial charge in [-0.3, -0.25) is 4.90 Å². The van der Waals surface area contributed by atoms with E-state index in [1.165, 1.54) is 0 Å². The molecule has 3 rings (SSSR count). The lowest BCUT2D eigenvalue weighted by molar-refractivity contribution is 0.0919. The Balaban J connectivity index is 2.00. The number of hydrogen-bond donors (Lipinski definition) is 0. The van der Waals surface area contributed by atoms with Gasteiger partial charge in [0.1, 0.15) is 5.75 Å². The first-order chi connectivity index (χ1) is 10.2. The van der Waals surface area contributed by atoms with Crippen LogP contribution in [-0.2, 0) is 0 Å². The van der Waals surface area contributed by atoms with E-state index in [0.717, 1.165) is 17.5 Å². The number of nitrogens with zero attached hydrogens (tertiary/aromatic N) is 1. The molecule has 0 aromatic heterocycles. The van der Waals surface area contributed by atoms with Crippen LogP contribution in [0, 0.1) is 0 Å². The Hall–Kier alpha value is -2.29. The first kappa shape index (κ1) is 13.7. The molecule has 1 amide bonds. The molecule has 0 saturated carbocycles. The quantitative estimate of drug-likeness (QED) is 0.815. The maximum Gasteiger partial charge on any atom is 0.416 e. The van der Waals surface area contributed by atoms with Crippen molar-refractivity contribution in [1.29, 1.82) is 0 Å². The smallest absolute Gasteiger partial charge is 0.410 e. The summed E-state index contributed by atoms with van der Waals surface area (Å²) >= 11 is 0. The van der Waals surface area contributed by atoms with Crippen molar-refractivity contribution >= 4 is 6.09 Å². The largest absolute Gasteiger partial charge is 0.416 e. The predicted molar refractivity (Wildman–Crippen MR) is 82.2 cm³/mol. The monoisotopic (exact) mass is 281 g/mol. The number of para-hydroxylation sites is 1. The lowest BCUT2D eigenvalue weighted by Crippen LogP contribution is -2.42. The first-order valence-electron chi connectivity index (χ1n) is 7.36. The van der Waals surface area contributed by atoms with Gasteiger partial charge in [0.2, 0.25) is 0 Å². The second-order valence-corrected chi connectivity index (χ2v) is 5.32. The number of rotatable bonds is 3. The average molecular weight is 281 g/mol. The fourth-order valence-corrected chi connectivity index (χ4v) is 3.01. The predicted octanol–water partition coefficient (Wildman–Crippen LogP) is 4.71. The van der Waals surface area contributed by atoms with E-state index < -0.39 is 0 Å².